The van der Waals surface area contributed by atoms with Gasteiger partial charge in [-0.05, 0) is 59.9 Å². The normalized spacial score (nSPS) is 25.3. The summed E-state index contributed by atoms with van der Waals surface area (Å²) in [6, 6.07) is 6.16. The molecule has 1 aromatic rings. The summed E-state index contributed by atoms with van der Waals surface area (Å²) in [5, 5.41) is 0. The maximum absolute atomic E-state index is 5.81. The summed E-state index contributed by atoms with van der Waals surface area (Å²) < 4.78 is 6.60. The smallest absolute Gasteiger partial charge is 0.0777 e. The molecule has 0 bridgehead atoms. The van der Waals surface area contributed by atoms with Gasteiger partial charge in [0.1, 0.15) is 0 Å². The second kappa shape index (κ2) is 5.59. The Morgan fingerprint density at radius 1 is 1.50 bits per heavy atom. The van der Waals surface area contributed by atoms with Gasteiger partial charge in [-0.2, -0.15) is 0 Å². The van der Waals surface area contributed by atoms with Crippen molar-refractivity contribution >= 4 is 21.6 Å². The molecule has 18 heavy (non-hydrogen) atoms. The number of benzene rings is 1. The Labute approximate surface area is 117 Å². The molecule has 4 heteroatoms. The maximum atomic E-state index is 5.81. The number of halogens is 1. The summed E-state index contributed by atoms with van der Waals surface area (Å²) in [4.78, 5) is 2.45. The van der Waals surface area contributed by atoms with E-state index in [4.69, 9.17) is 10.5 Å². The molecular weight excluding hydrogens is 292 g/mol. The van der Waals surface area contributed by atoms with Gasteiger partial charge in [-0.25, -0.2) is 0 Å². The number of nitrogens with two attached hydrogens (primary N) is 1. The molecule has 0 aromatic heterocycles. The number of piperidine rings is 1. The van der Waals surface area contributed by atoms with Gasteiger partial charge in [0.15, 0.2) is 0 Å². The molecule has 100 valence electrons. The molecule has 0 aliphatic carbocycles. The first-order valence-corrected chi connectivity index (χ1v) is 7.13. The summed E-state index contributed by atoms with van der Waals surface area (Å²) >= 11 is 3.48. The number of ether oxygens (including phenoxy) is 1. The lowest BCUT2D eigenvalue weighted by molar-refractivity contribution is -0.0527. The van der Waals surface area contributed by atoms with E-state index in [2.05, 4.69) is 39.9 Å². The number of likely N-dealkylation sites (tertiary alicyclic amines) is 1. The Hall–Kier alpha value is -0.580. The van der Waals surface area contributed by atoms with Crippen molar-refractivity contribution in [2.24, 2.45) is 0 Å². The van der Waals surface area contributed by atoms with Crippen molar-refractivity contribution in [2.75, 3.05) is 25.9 Å². The van der Waals surface area contributed by atoms with Gasteiger partial charge in [-0.3, -0.25) is 4.90 Å². The second-order valence-corrected chi connectivity index (χ2v) is 6.18. The summed E-state index contributed by atoms with van der Waals surface area (Å²) in [5.74, 6) is 0. The van der Waals surface area contributed by atoms with Crippen molar-refractivity contribution in [3.05, 3.63) is 28.2 Å². The zero-order valence-electron chi connectivity index (χ0n) is 11.1. The molecule has 1 fully saturated rings. The molecule has 1 heterocycles. The third-order valence-corrected chi connectivity index (χ3v) is 4.39. The van der Waals surface area contributed by atoms with E-state index < -0.39 is 0 Å². The van der Waals surface area contributed by atoms with Gasteiger partial charge in [-0.1, -0.05) is 6.07 Å². The highest BCUT2D eigenvalue weighted by Crippen LogP contribution is 2.26. The molecule has 0 saturated carbocycles. The molecule has 1 aliphatic rings. The molecule has 1 atom stereocenters. The number of anilines is 1. The molecule has 0 amide bonds. The van der Waals surface area contributed by atoms with Crippen LogP contribution < -0.4 is 5.73 Å². The van der Waals surface area contributed by atoms with Crippen LogP contribution in [0.2, 0.25) is 0 Å². The zero-order chi connectivity index (χ0) is 13.2. The van der Waals surface area contributed by atoms with Crippen LogP contribution in [0.25, 0.3) is 0 Å². The predicted molar refractivity (Wildman–Crippen MR) is 78.5 cm³/mol. The highest BCUT2D eigenvalue weighted by molar-refractivity contribution is 9.10. The molecule has 1 unspecified atom stereocenters. The minimum atomic E-state index is 0.00326. The van der Waals surface area contributed by atoms with E-state index in [0.29, 0.717) is 0 Å². The lowest BCUT2D eigenvalue weighted by Gasteiger charge is -2.39. The average Bonchev–Trinajstić information content (AvgIpc) is 2.34. The second-order valence-electron chi connectivity index (χ2n) is 5.32. The Balaban J connectivity index is 2.02. The van der Waals surface area contributed by atoms with Crippen molar-refractivity contribution in [2.45, 2.75) is 31.9 Å². The Bertz CT molecular complexity index is 424. The van der Waals surface area contributed by atoms with Crippen LogP contribution in [-0.4, -0.2) is 30.7 Å². The van der Waals surface area contributed by atoms with Crippen LogP contribution in [0.4, 0.5) is 5.69 Å². The number of methoxy groups -OCH3 is 1. The fourth-order valence-corrected chi connectivity index (χ4v) is 2.96. The number of hydrogen-bond donors (Lipinski definition) is 1. The number of nitrogen functional groups attached to an aromatic ring is 1. The molecule has 3 nitrogen and oxygen atoms in total. The summed E-state index contributed by atoms with van der Waals surface area (Å²) in [7, 11) is 1.81. The molecule has 2 N–H and O–H groups in total. The summed E-state index contributed by atoms with van der Waals surface area (Å²) in [6.07, 6.45) is 2.34. The third kappa shape index (κ3) is 3.25. The molecule has 1 aromatic carbocycles. The van der Waals surface area contributed by atoms with E-state index >= 15 is 0 Å². The third-order valence-electron chi connectivity index (χ3n) is 3.70. The van der Waals surface area contributed by atoms with Crippen LogP contribution in [-0.2, 0) is 11.3 Å². The molecule has 1 aliphatic heterocycles. The van der Waals surface area contributed by atoms with Gasteiger partial charge in [0, 0.05) is 30.4 Å². The van der Waals surface area contributed by atoms with Gasteiger partial charge in [0.05, 0.1) is 5.60 Å². The van der Waals surface area contributed by atoms with Gasteiger partial charge in [0.2, 0.25) is 0 Å². The average molecular weight is 313 g/mol. The first-order chi connectivity index (χ1) is 8.52. The van der Waals surface area contributed by atoms with E-state index in [1.807, 2.05) is 13.2 Å². The van der Waals surface area contributed by atoms with Gasteiger partial charge in [-0.15, -0.1) is 0 Å². The van der Waals surface area contributed by atoms with Crippen molar-refractivity contribution in [1.82, 2.24) is 4.90 Å². The highest BCUT2D eigenvalue weighted by atomic mass is 79.9. The van der Waals surface area contributed by atoms with E-state index in [9.17, 15) is 0 Å². The molecular formula is C14H21BrN2O. The molecule has 0 spiro atoms. The number of hydrogen-bond acceptors (Lipinski definition) is 3. The fraction of sp³-hybridized carbons (Fsp3) is 0.571. The van der Waals surface area contributed by atoms with Crippen LogP contribution in [0.3, 0.4) is 0 Å². The van der Waals surface area contributed by atoms with Crippen molar-refractivity contribution < 1.29 is 4.74 Å². The quantitative estimate of drug-likeness (QED) is 0.872. The predicted octanol–water partition coefficient (Wildman–Crippen LogP) is 3.03. The van der Waals surface area contributed by atoms with Gasteiger partial charge in [0.25, 0.3) is 0 Å². The first-order valence-electron chi connectivity index (χ1n) is 6.34. The van der Waals surface area contributed by atoms with E-state index in [0.717, 1.165) is 36.2 Å². The van der Waals surface area contributed by atoms with E-state index in [-0.39, 0.29) is 5.60 Å². The SMILES string of the molecule is COC1(C)CCCN(Cc2ccc(N)c(Br)c2)C1. The van der Waals surface area contributed by atoms with Gasteiger partial charge >= 0.3 is 0 Å². The summed E-state index contributed by atoms with van der Waals surface area (Å²) in [5.41, 5.74) is 7.89. The Kier molecular flexibility index (Phi) is 4.30. The Morgan fingerprint density at radius 2 is 2.28 bits per heavy atom. The minimum absolute atomic E-state index is 0.00326. The van der Waals surface area contributed by atoms with E-state index in [1.165, 1.54) is 12.0 Å². The maximum Gasteiger partial charge on any atom is 0.0777 e. The lowest BCUT2D eigenvalue weighted by Crippen LogP contribution is -2.46. The lowest BCUT2D eigenvalue weighted by atomic mass is 9.94. The summed E-state index contributed by atoms with van der Waals surface area (Å²) in [6.45, 7) is 5.28. The van der Waals surface area contributed by atoms with Crippen molar-refractivity contribution in [1.29, 1.82) is 0 Å². The highest BCUT2D eigenvalue weighted by Gasteiger charge is 2.30. The standard InChI is InChI=1S/C14H21BrN2O/c1-14(18-2)6-3-7-17(10-14)9-11-4-5-13(16)12(15)8-11/h4-5,8H,3,6-7,9-10,16H2,1-2H3. The van der Waals surface area contributed by atoms with Crippen LogP contribution in [0.5, 0.6) is 0 Å². The first kappa shape index (κ1) is 13.8. The van der Waals surface area contributed by atoms with Crippen LogP contribution in [0, 0.1) is 0 Å². The monoisotopic (exact) mass is 312 g/mol. The number of nitrogens with zero attached hydrogens (tertiary/aromatic N) is 1. The minimum Gasteiger partial charge on any atom is -0.398 e. The fourth-order valence-electron chi connectivity index (χ4n) is 2.54. The largest absolute Gasteiger partial charge is 0.398 e. The number of rotatable bonds is 3. The topological polar surface area (TPSA) is 38.5 Å². The zero-order valence-corrected chi connectivity index (χ0v) is 12.7. The van der Waals surface area contributed by atoms with Crippen LogP contribution >= 0.6 is 15.9 Å². The van der Waals surface area contributed by atoms with Crippen LogP contribution in [0.15, 0.2) is 22.7 Å². The molecule has 1 saturated heterocycles. The van der Waals surface area contributed by atoms with Crippen LogP contribution in [0.1, 0.15) is 25.3 Å². The molecule has 0 radical (unpaired) electrons. The van der Waals surface area contributed by atoms with E-state index in [1.54, 1.807) is 0 Å². The van der Waals surface area contributed by atoms with Gasteiger partial charge < -0.3 is 10.5 Å². The molecule has 2 rings (SSSR count). The van der Waals surface area contributed by atoms with Crippen molar-refractivity contribution in [3.8, 4) is 0 Å². The van der Waals surface area contributed by atoms with Crippen molar-refractivity contribution in [3.63, 3.8) is 0 Å². The Morgan fingerprint density at radius 3 is 2.94 bits per heavy atom.